The van der Waals surface area contributed by atoms with E-state index in [1.165, 1.54) is 0 Å². The Morgan fingerprint density at radius 1 is 1.36 bits per heavy atom. The quantitative estimate of drug-likeness (QED) is 0.894. The summed E-state index contributed by atoms with van der Waals surface area (Å²) >= 11 is 0. The zero-order chi connectivity index (χ0) is 16.7. The number of carboxylic acid groups (broad SMARTS) is 1. The third-order valence-corrected chi connectivity index (χ3v) is 5.29. The van der Waals surface area contributed by atoms with Crippen molar-refractivity contribution < 1.29 is 31.5 Å². The largest absolute Gasteiger partial charge is 0.478 e. The number of carboxylic acids is 1. The van der Waals surface area contributed by atoms with Crippen molar-refractivity contribution in [2.75, 3.05) is 13.1 Å². The SMILES string of the molecule is CC1(CC(F)F)CN(S(=O)(=O)c2cc(F)cc(C(=O)O)c2)C1. The van der Waals surface area contributed by atoms with Crippen LogP contribution in [0.25, 0.3) is 0 Å². The summed E-state index contributed by atoms with van der Waals surface area (Å²) in [4.78, 5) is 10.4. The van der Waals surface area contributed by atoms with E-state index >= 15 is 0 Å². The lowest BCUT2D eigenvalue weighted by Crippen LogP contribution is -2.57. The zero-order valence-electron chi connectivity index (χ0n) is 11.6. The number of nitrogens with zero attached hydrogens (tertiary/aromatic N) is 1. The van der Waals surface area contributed by atoms with Gasteiger partial charge in [-0.25, -0.2) is 26.4 Å². The number of alkyl halides is 2. The van der Waals surface area contributed by atoms with E-state index < -0.39 is 50.5 Å². The van der Waals surface area contributed by atoms with Crippen molar-refractivity contribution in [1.82, 2.24) is 4.31 Å². The molecule has 1 saturated heterocycles. The van der Waals surface area contributed by atoms with Gasteiger partial charge in [-0.1, -0.05) is 6.92 Å². The summed E-state index contributed by atoms with van der Waals surface area (Å²) in [5.74, 6) is -2.45. The summed E-state index contributed by atoms with van der Waals surface area (Å²) in [6, 6.07) is 2.27. The third kappa shape index (κ3) is 3.25. The Balaban J connectivity index is 2.25. The van der Waals surface area contributed by atoms with E-state index in [0.29, 0.717) is 12.1 Å². The van der Waals surface area contributed by atoms with Crippen LogP contribution in [0.1, 0.15) is 23.7 Å². The molecule has 5 nitrogen and oxygen atoms in total. The van der Waals surface area contributed by atoms with Crippen LogP contribution in [0.2, 0.25) is 0 Å². The summed E-state index contributed by atoms with van der Waals surface area (Å²) in [6.07, 6.45) is -2.97. The smallest absolute Gasteiger partial charge is 0.335 e. The fourth-order valence-corrected chi connectivity index (χ4v) is 4.26. The molecule has 9 heteroatoms. The van der Waals surface area contributed by atoms with E-state index in [4.69, 9.17) is 5.11 Å². The fraction of sp³-hybridized carbons (Fsp3) is 0.462. The van der Waals surface area contributed by atoms with Crippen molar-refractivity contribution >= 4 is 16.0 Å². The second-order valence-corrected chi connectivity index (χ2v) is 7.60. The molecular weight excluding hydrogens is 323 g/mol. The van der Waals surface area contributed by atoms with Gasteiger partial charge in [0.05, 0.1) is 10.5 Å². The summed E-state index contributed by atoms with van der Waals surface area (Å²) in [5.41, 5.74) is -1.32. The Morgan fingerprint density at radius 3 is 2.45 bits per heavy atom. The first-order chi connectivity index (χ1) is 10.0. The first-order valence-corrected chi connectivity index (χ1v) is 7.80. The first kappa shape index (κ1) is 16.8. The van der Waals surface area contributed by atoms with Gasteiger partial charge in [0.1, 0.15) is 5.82 Å². The highest BCUT2D eigenvalue weighted by atomic mass is 32.2. The summed E-state index contributed by atoms with van der Waals surface area (Å²) in [7, 11) is -4.10. The molecule has 1 aromatic rings. The highest BCUT2D eigenvalue weighted by Crippen LogP contribution is 2.39. The van der Waals surface area contributed by atoms with Crippen molar-refractivity contribution in [3.05, 3.63) is 29.6 Å². The Kier molecular flexibility index (Phi) is 4.22. The predicted octanol–water partition coefficient (Wildman–Crippen LogP) is 2.19. The first-order valence-electron chi connectivity index (χ1n) is 6.36. The highest BCUT2D eigenvalue weighted by Gasteiger charge is 2.46. The lowest BCUT2D eigenvalue weighted by molar-refractivity contribution is 0.00976. The Morgan fingerprint density at radius 2 is 1.95 bits per heavy atom. The fourth-order valence-electron chi connectivity index (χ4n) is 2.46. The van der Waals surface area contributed by atoms with Gasteiger partial charge in [-0.3, -0.25) is 0 Å². The lowest BCUT2D eigenvalue weighted by Gasteiger charge is -2.46. The average Bonchev–Trinajstić information content (AvgIpc) is 2.34. The van der Waals surface area contributed by atoms with Crippen molar-refractivity contribution in [2.24, 2.45) is 5.41 Å². The standard InChI is InChI=1S/C13H14F3NO4S/c1-13(5-11(15)16)6-17(7-13)22(20,21)10-3-8(12(18)19)2-9(14)4-10/h2-4,11H,5-7H2,1H3,(H,18,19). The van der Waals surface area contributed by atoms with Gasteiger partial charge in [-0.15, -0.1) is 0 Å². The van der Waals surface area contributed by atoms with Gasteiger partial charge in [0.25, 0.3) is 0 Å². The molecule has 0 aromatic heterocycles. The minimum atomic E-state index is -4.10. The molecule has 1 aliphatic heterocycles. The van der Waals surface area contributed by atoms with Crippen molar-refractivity contribution in [3.8, 4) is 0 Å². The van der Waals surface area contributed by atoms with Crippen LogP contribution >= 0.6 is 0 Å². The molecule has 0 bridgehead atoms. The maximum absolute atomic E-state index is 13.4. The van der Waals surface area contributed by atoms with Crippen LogP contribution in [-0.2, 0) is 10.0 Å². The average molecular weight is 337 g/mol. The summed E-state index contributed by atoms with van der Waals surface area (Å²) in [6.45, 7) is 1.32. The normalized spacial score (nSPS) is 18.2. The van der Waals surface area contributed by atoms with Gasteiger partial charge in [0.15, 0.2) is 0 Å². The second kappa shape index (κ2) is 5.54. The molecule has 1 heterocycles. The number of carbonyl (C=O) groups is 1. The third-order valence-electron chi connectivity index (χ3n) is 3.52. The molecule has 0 unspecified atom stereocenters. The molecule has 1 N–H and O–H groups in total. The van der Waals surface area contributed by atoms with E-state index in [-0.39, 0.29) is 13.1 Å². The highest BCUT2D eigenvalue weighted by molar-refractivity contribution is 7.89. The molecule has 2 rings (SSSR count). The van der Waals surface area contributed by atoms with Gasteiger partial charge in [-0.05, 0) is 18.2 Å². The molecule has 0 aliphatic carbocycles. The molecule has 0 spiro atoms. The van der Waals surface area contributed by atoms with E-state index in [1.807, 2.05) is 0 Å². The number of hydrogen-bond donors (Lipinski definition) is 1. The van der Waals surface area contributed by atoms with Crippen LogP contribution in [0, 0.1) is 11.2 Å². The Hall–Kier alpha value is -1.61. The van der Waals surface area contributed by atoms with Crippen LogP contribution in [0.5, 0.6) is 0 Å². The number of aromatic carboxylic acids is 1. The zero-order valence-corrected chi connectivity index (χ0v) is 12.4. The van der Waals surface area contributed by atoms with Gasteiger partial charge >= 0.3 is 5.97 Å². The molecular formula is C13H14F3NO4S. The van der Waals surface area contributed by atoms with Crippen LogP contribution in [0.3, 0.4) is 0 Å². The van der Waals surface area contributed by atoms with E-state index in [2.05, 4.69) is 0 Å². The minimum absolute atomic E-state index is 0.113. The van der Waals surface area contributed by atoms with E-state index in [1.54, 1.807) is 6.92 Å². The number of hydrogen-bond acceptors (Lipinski definition) is 3. The molecule has 0 atom stereocenters. The van der Waals surface area contributed by atoms with Gasteiger partial charge < -0.3 is 5.11 Å². The molecule has 1 aliphatic rings. The van der Waals surface area contributed by atoms with Gasteiger partial charge in [-0.2, -0.15) is 4.31 Å². The molecule has 122 valence electrons. The summed E-state index contributed by atoms with van der Waals surface area (Å²) < 4.78 is 63.7. The Labute approximate surface area is 125 Å². The van der Waals surface area contributed by atoms with Crippen LogP contribution in [-0.4, -0.2) is 43.3 Å². The minimum Gasteiger partial charge on any atom is -0.478 e. The maximum Gasteiger partial charge on any atom is 0.335 e. The van der Waals surface area contributed by atoms with E-state index in [0.717, 1.165) is 10.4 Å². The molecule has 0 amide bonds. The van der Waals surface area contributed by atoms with Crippen molar-refractivity contribution in [1.29, 1.82) is 0 Å². The molecule has 0 saturated carbocycles. The van der Waals surface area contributed by atoms with E-state index in [9.17, 15) is 26.4 Å². The molecule has 22 heavy (non-hydrogen) atoms. The number of sulfonamides is 1. The molecule has 0 radical (unpaired) electrons. The van der Waals surface area contributed by atoms with Crippen LogP contribution in [0.4, 0.5) is 13.2 Å². The summed E-state index contributed by atoms with van der Waals surface area (Å²) in [5, 5.41) is 8.83. The number of rotatable bonds is 5. The molecule has 1 fully saturated rings. The van der Waals surface area contributed by atoms with Crippen LogP contribution < -0.4 is 0 Å². The maximum atomic E-state index is 13.4. The predicted molar refractivity (Wildman–Crippen MR) is 70.8 cm³/mol. The topological polar surface area (TPSA) is 74.7 Å². The lowest BCUT2D eigenvalue weighted by atomic mass is 9.81. The monoisotopic (exact) mass is 337 g/mol. The second-order valence-electron chi connectivity index (χ2n) is 5.66. The Bertz CT molecular complexity index is 699. The van der Waals surface area contributed by atoms with Gasteiger partial charge in [0, 0.05) is 24.9 Å². The van der Waals surface area contributed by atoms with Crippen molar-refractivity contribution in [3.63, 3.8) is 0 Å². The molecule has 1 aromatic carbocycles. The number of benzene rings is 1. The van der Waals surface area contributed by atoms with Crippen molar-refractivity contribution in [2.45, 2.75) is 24.7 Å². The van der Waals surface area contributed by atoms with Gasteiger partial charge in [0.2, 0.25) is 16.4 Å². The van der Waals surface area contributed by atoms with Crippen LogP contribution in [0.15, 0.2) is 23.1 Å². The number of halogens is 3.